The van der Waals surface area contributed by atoms with E-state index in [9.17, 15) is 55.2 Å². The van der Waals surface area contributed by atoms with Gasteiger partial charge in [0.05, 0.1) is 68.5 Å². The van der Waals surface area contributed by atoms with Crippen molar-refractivity contribution in [3.05, 3.63) is 178 Å². The lowest BCUT2D eigenvalue weighted by molar-refractivity contribution is -0.0500. The van der Waals surface area contributed by atoms with Gasteiger partial charge in [0.2, 0.25) is 0 Å². The summed E-state index contributed by atoms with van der Waals surface area (Å²) in [7, 11) is -0.270. The summed E-state index contributed by atoms with van der Waals surface area (Å²) in [5.74, 6) is -2.07. The van der Waals surface area contributed by atoms with Gasteiger partial charge in [-0.1, -0.05) is 84.9 Å². The van der Waals surface area contributed by atoms with Gasteiger partial charge in [-0.05, 0) is 117 Å². The number of hydrogen-bond donors (Lipinski definition) is 2. The number of methoxy groups -OCH3 is 4. The van der Waals surface area contributed by atoms with Crippen molar-refractivity contribution >= 4 is 57.7 Å². The Morgan fingerprint density at radius 3 is 1.41 bits per heavy atom. The molecule has 7 amide bonds. The molecule has 2 N–H and O–H groups in total. The minimum atomic E-state index is -6.13. The van der Waals surface area contributed by atoms with Crippen LogP contribution in [0.1, 0.15) is 122 Å². The topological polar surface area (TPSA) is 264 Å². The van der Waals surface area contributed by atoms with Crippen LogP contribution >= 0.6 is 0 Å². The van der Waals surface area contributed by atoms with Gasteiger partial charge in [0.15, 0.2) is 28.7 Å². The van der Waals surface area contributed by atoms with Gasteiger partial charge < -0.3 is 57.8 Å². The molecule has 0 bridgehead atoms. The minimum Gasteiger partial charge on any atom is -0.493 e. The summed E-state index contributed by atoms with van der Waals surface area (Å²) < 4.78 is 104. The Hall–Kier alpha value is -10.1. The molecule has 2 atom stereocenters. The molecule has 9 rings (SSSR count). The molecule has 494 valence electrons. The Morgan fingerprint density at radius 2 is 0.968 bits per heavy atom. The molecule has 1 fully saturated rings. The van der Waals surface area contributed by atoms with Crippen LogP contribution in [0.15, 0.2) is 133 Å². The van der Waals surface area contributed by atoms with Crippen molar-refractivity contribution in [1.82, 2.24) is 25.3 Å². The van der Waals surface area contributed by atoms with E-state index in [4.69, 9.17) is 33.2 Å². The van der Waals surface area contributed by atoms with Crippen molar-refractivity contribution in [2.24, 2.45) is 0 Å². The highest BCUT2D eigenvalue weighted by Crippen LogP contribution is 2.43. The SMILES string of the molecule is COc1ccc([C@@H](CCCNC(=O)OCc2ccccc2)N2C(=O)c3cccc(N4CCN(C(=O)OC(C)(C)C)CC4)c3C2=O)cc1OC.COc1ccc([C@@H](CCCNC(=O)OCc2ccccc2)N2C(=O)c3cccc(OS(=O)(=O)C(F)(F)F)c3C2=O)cc1OC. The average molecular weight is 1310 g/mol. The zero-order valence-corrected chi connectivity index (χ0v) is 52.9. The fourth-order valence-electron chi connectivity index (χ4n) is 10.6. The number of benzene rings is 6. The van der Waals surface area contributed by atoms with Crippen LogP contribution in [0, 0.1) is 0 Å². The van der Waals surface area contributed by atoms with Gasteiger partial charge in [-0.15, -0.1) is 0 Å². The van der Waals surface area contributed by atoms with Crippen molar-refractivity contribution in [2.75, 3.05) is 72.6 Å². The standard InChI is InChI=1S/C37H44N4O8.C29H27F3N2O9S/c1-37(2,3)49-36(45)40-21-19-39(20-22-40)29-14-9-13-27-32(29)34(43)41(33(27)42)28(26-16-17-30(46-4)31(23-26)47-5)15-10-18-38-35(44)48-24-25-11-7-6-8-12-25;1-40-22-14-13-19(16-24(22)41-2)21(11-7-15-33-28(37)42-17-18-8-4-3-5-9-18)34-26(35)20-10-6-12-23(25(20)27(34)36)43-44(38,39)29(30,31)32/h6-9,11-14,16-17,23,28H,10,15,18-22,24H2,1-5H3,(H,38,44);3-6,8-10,12-14,16,21H,7,11,15,17H2,1-2H3,(H,33,37)/t28-;21-/m11/s1. The summed E-state index contributed by atoms with van der Waals surface area (Å²) in [5, 5.41) is 5.36. The number of alkyl carbamates (subject to hydrolysis) is 2. The maximum atomic E-state index is 14.3. The molecule has 3 heterocycles. The van der Waals surface area contributed by atoms with Gasteiger partial charge in [0.1, 0.15) is 18.8 Å². The van der Waals surface area contributed by atoms with Gasteiger partial charge >= 0.3 is 33.9 Å². The Balaban J connectivity index is 0.000000240. The zero-order valence-electron chi connectivity index (χ0n) is 52.1. The van der Waals surface area contributed by atoms with Crippen LogP contribution in [0.25, 0.3) is 0 Å². The lowest BCUT2D eigenvalue weighted by Gasteiger charge is -2.37. The number of rotatable bonds is 23. The predicted molar refractivity (Wildman–Crippen MR) is 332 cm³/mol. The largest absolute Gasteiger partial charge is 0.534 e. The number of carbonyl (C=O) groups excluding carboxylic acids is 7. The van der Waals surface area contributed by atoms with E-state index in [1.54, 1.807) is 65.6 Å². The van der Waals surface area contributed by atoms with Crippen LogP contribution in [0.2, 0.25) is 0 Å². The van der Waals surface area contributed by atoms with Crippen molar-refractivity contribution in [2.45, 2.75) is 82.9 Å². The highest BCUT2D eigenvalue weighted by atomic mass is 32.2. The molecule has 1 saturated heterocycles. The number of hydrogen-bond acceptors (Lipinski definition) is 18. The van der Waals surface area contributed by atoms with Crippen molar-refractivity contribution < 1.29 is 92.5 Å². The highest BCUT2D eigenvalue weighted by Gasteiger charge is 2.51. The van der Waals surface area contributed by atoms with Gasteiger partial charge in [-0.2, -0.15) is 21.6 Å². The lowest BCUT2D eigenvalue weighted by atomic mass is 9.99. The number of amides is 7. The molecule has 0 radical (unpaired) electrons. The molecular weight excluding hydrogens is 1240 g/mol. The number of ether oxygens (including phenoxy) is 7. The number of fused-ring (bicyclic) bond motifs is 2. The molecular formula is C66H71F3N6O17S. The number of imide groups is 2. The van der Waals surface area contributed by atoms with Gasteiger partial charge in [0, 0.05) is 39.3 Å². The second-order valence-electron chi connectivity index (χ2n) is 22.3. The van der Waals surface area contributed by atoms with Crippen LogP contribution in [0.5, 0.6) is 28.7 Å². The first-order valence-electron chi connectivity index (χ1n) is 29.5. The fourth-order valence-corrected chi connectivity index (χ4v) is 11.1. The summed E-state index contributed by atoms with van der Waals surface area (Å²) >= 11 is 0. The smallest absolute Gasteiger partial charge is 0.493 e. The fraction of sp³-hybridized carbons (Fsp3) is 0.348. The third-order valence-corrected chi connectivity index (χ3v) is 16.0. The van der Waals surface area contributed by atoms with Crippen molar-refractivity contribution in [3.8, 4) is 28.7 Å². The first kappa shape index (κ1) is 68.9. The molecule has 23 nitrogen and oxygen atoms in total. The summed E-state index contributed by atoms with van der Waals surface area (Å²) in [4.78, 5) is 98.5. The monoisotopic (exact) mass is 1310 g/mol. The molecule has 0 aliphatic carbocycles. The number of halogens is 3. The van der Waals surface area contributed by atoms with Crippen LogP contribution in [0.4, 0.5) is 33.2 Å². The summed E-state index contributed by atoms with van der Waals surface area (Å²) in [6.45, 7) is 7.82. The van der Waals surface area contributed by atoms with E-state index in [1.165, 1.54) is 45.5 Å². The Labute approximate surface area is 535 Å². The number of nitrogens with one attached hydrogen (secondary N) is 2. The third-order valence-electron chi connectivity index (χ3n) is 15.1. The molecule has 3 aliphatic heterocycles. The van der Waals surface area contributed by atoms with E-state index in [-0.39, 0.29) is 56.6 Å². The summed E-state index contributed by atoms with van der Waals surface area (Å²) in [6, 6.07) is 35.1. The highest BCUT2D eigenvalue weighted by molar-refractivity contribution is 7.88. The molecule has 0 saturated carbocycles. The van der Waals surface area contributed by atoms with Crippen molar-refractivity contribution in [1.29, 1.82) is 0 Å². The van der Waals surface area contributed by atoms with Crippen molar-refractivity contribution in [3.63, 3.8) is 0 Å². The van der Waals surface area contributed by atoms with E-state index in [0.717, 1.165) is 28.2 Å². The normalized spacial score (nSPS) is 14.4. The van der Waals surface area contributed by atoms with E-state index >= 15 is 0 Å². The minimum absolute atomic E-state index is 0.0461. The van der Waals surface area contributed by atoms with Crippen LogP contribution in [-0.4, -0.2) is 144 Å². The number of carbonyl (C=O) groups is 7. The maximum absolute atomic E-state index is 14.3. The molecule has 27 heteroatoms. The first-order chi connectivity index (χ1) is 44.4. The third kappa shape index (κ3) is 16.7. The number of alkyl halides is 3. The Bertz CT molecular complexity index is 3810. The second-order valence-corrected chi connectivity index (χ2v) is 23.8. The van der Waals surface area contributed by atoms with E-state index in [0.29, 0.717) is 84.2 Å². The summed E-state index contributed by atoms with van der Waals surface area (Å²) in [6.07, 6.45) is -0.501. The van der Waals surface area contributed by atoms with Gasteiger partial charge in [-0.25, -0.2) is 14.4 Å². The molecule has 6 aromatic rings. The molecule has 0 unspecified atom stereocenters. The molecule has 3 aliphatic rings. The van der Waals surface area contributed by atoms with Crippen LogP contribution in [0.3, 0.4) is 0 Å². The van der Waals surface area contributed by atoms with Crippen LogP contribution < -0.4 is 38.7 Å². The number of piperazine rings is 1. The maximum Gasteiger partial charge on any atom is 0.534 e. The van der Waals surface area contributed by atoms with Gasteiger partial charge in [-0.3, -0.25) is 29.0 Å². The van der Waals surface area contributed by atoms with Gasteiger partial charge in [0.25, 0.3) is 23.6 Å². The Kier molecular flexibility index (Phi) is 22.5. The van der Waals surface area contributed by atoms with E-state index in [2.05, 4.69) is 14.8 Å². The molecule has 0 aromatic heterocycles. The first-order valence-corrected chi connectivity index (χ1v) is 30.9. The predicted octanol–water partition coefficient (Wildman–Crippen LogP) is 10.8. The molecule has 93 heavy (non-hydrogen) atoms. The van der Waals surface area contributed by atoms with Crippen LogP contribution in [-0.2, 0) is 37.5 Å². The average Bonchev–Trinajstić information content (AvgIpc) is 1.61. The van der Waals surface area contributed by atoms with E-state index < -0.39 is 80.4 Å². The lowest BCUT2D eigenvalue weighted by Crippen LogP contribution is -2.50. The summed E-state index contributed by atoms with van der Waals surface area (Å²) in [5.41, 5.74) is -3.27. The van der Waals surface area contributed by atoms with E-state index in [1.807, 2.05) is 74.2 Å². The molecule has 0 spiro atoms. The zero-order chi connectivity index (χ0) is 67.2. The Morgan fingerprint density at radius 1 is 0.527 bits per heavy atom. The number of anilines is 1. The second kappa shape index (κ2) is 30.4. The molecule has 6 aromatic carbocycles. The number of nitrogens with zero attached hydrogens (tertiary/aromatic N) is 4. The quantitative estimate of drug-likeness (QED) is 0.0198.